The lowest BCUT2D eigenvalue weighted by Gasteiger charge is -2.13. The lowest BCUT2D eigenvalue weighted by atomic mass is 10.2. The summed E-state index contributed by atoms with van der Waals surface area (Å²) in [6.45, 7) is 5.95. The van der Waals surface area contributed by atoms with Gasteiger partial charge in [-0.25, -0.2) is 4.79 Å². The van der Waals surface area contributed by atoms with Crippen molar-refractivity contribution in [2.24, 2.45) is 13.0 Å². The predicted molar refractivity (Wildman–Crippen MR) is 63.4 cm³/mol. The first kappa shape index (κ1) is 13.0. The quantitative estimate of drug-likeness (QED) is 0.707. The first-order valence-corrected chi connectivity index (χ1v) is 5.61. The van der Waals surface area contributed by atoms with Crippen molar-refractivity contribution < 1.29 is 5.11 Å². The molecule has 1 aromatic heterocycles. The van der Waals surface area contributed by atoms with Gasteiger partial charge in [-0.3, -0.25) is 4.57 Å². The number of hydrogen-bond donors (Lipinski definition) is 2. The zero-order valence-electron chi connectivity index (χ0n) is 10.2. The number of hydrogen-bond acceptors (Lipinski definition) is 3. The van der Waals surface area contributed by atoms with Crippen LogP contribution >= 0.6 is 0 Å². The summed E-state index contributed by atoms with van der Waals surface area (Å²) in [5.41, 5.74) is -0.0945. The topological polar surface area (TPSA) is 59.2 Å². The molecule has 0 spiro atoms. The van der Waals surface area contributed by atoms with E-state index in [-0.39, 0.29) is 5.69 Å². The number of rotatable bonds is 6. The smallest absolute Gasteiger partial charge is 0.327 e. The van der Waals surface area contributed by atoms with Crippen molar-refractivity contribution in [3.05, 3.63) is 22.9 Å². The number of aliphatic hydroxyl groups excluding tert-OH is 1. The molecule has 16 heavy (non-hydrogen) atoms. The Morgan fingerprint density at radius 1 is 1.38 bits per heavy atom. The van der Waals surface area contributed by atoms with E-state index in [1.807, 2.05) is 0 Å². The van der Waals surface area contributed by atoms with Crippen molar-refractivity contribution in [2.45, 2.75) is 26.5 Å². The highest BCUT2D eigenvalue weighted by molar-refractivity contribution is 4.81. The summed E-state index contributed by atoms with van der Waals surface area (Å²) in [6.07, 6.45) is 2.85. The second-order valence-corrected chi connectivity index (χ2v) is 4.55. The molecule has 0 aromatic carbocycles. The molecule has 0 bridgehead atoms. The average Bonchev–Trinajstić information content (AvgIpc) is 2.49. The van der Waals surface area contributed by atoms with E-state index in [0.29, 0.717) is 19.0 Å². The van der Waals surface area contributed by atoms with E-state index in [0.717, 1.165) is 6.54 Å². The highest BCUT2D eigenvalue weighted by Gasteiger charge is 2.07. The van der Waals surface area contributed by atoms with Crippen molar-refractivity contribution >= 4 is 0 Å². The van der Waals surface area contributed by atoms with Gasteiger partial charge in [0.05, 0.1) is 12.6 Å². The number of aromatic nitrogens is 2. The zero-order valence-corrected chi connectivity index (χ0v) is 10.2. The first-order chi connectivity index (χ1) is 7.50. The standard InChI is InChI=1S/C11H21N3O2/c1-9(2)6-12-7-10(15)8-14-5-4-13(3)11(14)16/h4-5,9-10,12,15H,6-8H2,1-3H3. The predicted octanol–water partition coefficient (Wildman–Crippen LogP) is -0.207. The third kappa shape index (κ3) is 3.83. The van der Waals surface area contributed by atoms with Crippen LogP contribution < -0.4 is 11.0 Å². The molecule has 1 aromatic rings. The molecule has 0 radical (unpaired) electrons. The largest absolute Gasteiger partial charge is 0.390 e. The van der Waals surface area contributed by atoms with Crippen LogP contribution in [0.4, 0.5) is 0 Å². The Labute approximate surface area is 95.7 Å². The summed E-state index contributed by atoms with van der Waals surface area (Å²) in [4.78, 5) is 11.5. The third-order valence-electron chi connectivity index (χ3n) is 2.36. The van der Waals surface area contributed by atoms with E-state index >= 15 is 0 Å². The van der Waals surface area contributed by atoms with Crippen molar-refractivity contribution in [3.63, 3.8) is 0 Å². The van der Waals surface area contributed by atoms with Gasteiger partial charge in [-0.1, -0.05) is 13.8 Å². The van der Waals surface area contributed by atoms with Crippen LogP contribution in [0, 0.1) is 5.92 Å². The number of aryl methyl sites for hydroxylation is 1. The second-order valence-electron chi connectivity index (χ2n) is 4.55. The highest BCUT2D eigenvalue weighted by Crippen LogP contribution is 1.91. The molecule has 2 N–H and O–H groups in total. The highest BCUT2D eigenvalue weighted by atomic mass is 16.3. The van der Waals surface area contributed by atoms with E-state index in [4.69, 9.17) is 0 Å². The second kappa shape index (κ2) is 5.86. The van der Waals surface area contributed by atoms with Crippen LogP contribution in [0.1, 0.15) is 13.8 Å². The first-order valence-electron chi connectivity index (χ1n) is 5.61. The molecular weight excluding hydrogens is 206 g/mol. The molecule has 0 aliphatic rings. The number of nitrogens with one attached hydrogen (secondary N) is 1. The number of nitrogens with zero attached hydrogens (tertiary/aromatic N) is 2. The van der Waals surface area contributed by atoms with Gasteiger partial charge < -0.3 is 15.0 Å². The Morgan fingerprint density at radius 2 is 2.06 bits per heavy atom. The maximum atomic E-state index is 11.5. The lowest BCUT2D eigenvalue weighted by molar-refractivity contribution is 0.149. The van der Waals surface area contributed by atoms with Crippen LogP contribution in [-0.4, -0.2) is 33.4 Å². The van der Waals surface area contributed by atoms with Crippen LogP contribution in [0.5, 0.6) is 0 Å². The molecule has 0 saturated heterocycles. The van der Waals surface area contributed by atoms with Crippen molar-refractivity contribution in [3.8, 4) is 0 Å². The van der Waals surface area contributed by atoms with Gasteiger partial charge in [0.15, 0.2) is 0 Å². The fraction of sp³-hybridized carbons (Fsp3) is 0.727. The SMILES string of the molecule is CC(C)CNCC(O)Cn1ccn(C)c1=O. The molecule has 1 atom stereocenters. The van der Waals surface area contributed by atoms with Crippen molar-refractivity contribution in [2.75, 3.05) is 13.1 Å². The van der Waals surface area contributed by atoms with Gasteiger partial charge in [0.1, 0.15) is 0 Å². The summed E-state index contributed by atoms with van der Waals surface area (Å²) in [5.74, 6) is 0.562. The maximum absolute atomic E-state index is 11.5. The van der Waals surface area contributed by atoms with Gasteiger partial charge in [-0.15, -0.1) is 0 Å². The van der Waals surface area contributed by atoms with Gasteiger partial charge >= 0.3 is 5.69 Å². The van der Waals surface area contributed by atoms with Gasteiger partial charge in [-0.05, 0) is 12.5 Å². The Bertz CT molecular complexity index is 368. The number of aliphatic hydroxyl groups is 1. The van der Waals surface area contributed by atoms with Gasteiger partial charge in [0, 0.05) is 26.0 Å². The van der Waals surface area contributed by atoms with Gasteiger partial charge in [-0.2, -0.15) is 0 Å². The molecule has 1 unspecified atom stereocenters. The fourth-order valence-electron chi connectivity index (χ4n) is 1.48. The Morgan fingerprint density at radius 3 is 2.56 bits per heavy atom. The molecule has 92 valence electrons. The normalized spacial score (nSPS) is 13.3. The van der Waals surface area contributed by atoms with Crippen molar-refractivity contribution in [1.82, 2.24) is 14.5 Å². The monoisotopic (exact) mass is 227 g/mol. The molecule has 1 heterocycles. The summed E-state index contributed by atoms with van der Waals surface area (Å²) in [7, 11) is 1.70. The summed E-state index contributed by atoms with van der Waals surface area (Å²) in [6, 6.07) is 0. The minimum Gasteiger partial charge on any atom is -0.390 e. The number of imidazole rings is 1. The molecule has 1 rings (SSSR count). The molecule has 0 saturated carbocycles. The molecule has 0 amide bonds. The van der Waals surface area contributed by atoms with Crippen molar-refractivity contribution in [1.29, 1.82) is 0 Å². The molecule has 0 aliphatic carbocycles. The Hall–Kier alpha value is -1.07. The summed E-state index contributed by atoms with van der Waals surface area (Å²) in [5, 5.41) is 12.9. The van der Waals surface area contributed by atoms with Gasteiger partial charge in [0.25, 0.3) is 0 Å². The summed E-state index contributed by atoms with van der Waals surface area (Å²) < 4.78 is 3.01. The van der Waals surface area contributed by atoms with E-state index in [2.05, 4.69) is 19.2 Å². The minimum atomic E-state index is -0.529. The summed E-state index contributed by atoms with van der Waals surface area (Å²) >= 11 is 0. The lowest BCUT2D eigenvalue weighted by Crippen LogP contribution is -2.35. The fourth-order valence-corrected chi connectivity index (χ4v) is 1.48. The molecule has 0 aliphatic heterocycles. The van der Waals surface area contributed by atoms with Crippen LogP contribution in [-0.2, 0) is 13.6 Å². The van der Waals surface area contributed by atoms with Crippen LogP contribution in [0.3, 0.4) is 0 Å². The van der Waals surface area contributed by atoms with E-state index < -0.39 is 6.10 Å². The molecule has 5 heteroatoms. The van der Waals surface area contributed by atoms with E-state index in [9.17, 15) is 9.90 Å². The molecule has 5 nitrogen and oxygen atoms in total. The zero-order chi connectivity index (χ0) is 12.1. The Balaban J connectivity index is 2.37. The molecular formula is C11H21N3O2. The third-order valence-corrected chi connectivity index (χ3v) is 2.36. The van der Waals surface area contributed by atoms with E-state index in [1.54, 1.807) is 19.4 Å². The van der Waals surface area contributed by atoms with Crippen LogP contribution in [0.2, 0.25) is 0 Å². The van der Waals surface area contributed by atoms with E-state index in [1.165, 1.54) is 9.13 Å². The van der Waals surface area contributed by atoms with Gasteiger partial charge in [0.2, 0.25) is 0 Å². The molecule has 0 fully saturated rings. The van der Waals surface area contributed by atoms with Crippen LogP contribution in [0.15, 0.2) is 17.2 Å². The minimum absolute atomic E-state index is 0.0945. The average molecular weight is 227 g/mol. The maximum Gasteiger partial charge on any atom is 0.327 e. The van der Waals surface area contributed by atoms with Crippen LogP contribution in [0.25, 0.3) is 0 Å². The Kier molecular flexibility index (Phi) is 4.76.